The van der Waals surface area contributed by atoms with Crippen LogP contribution in [0.4, 0.5) is 5.13 Å². The Morgan fingerprint density at radius 2 is 2.29 bits per heavy atom. The lowest BCUT2D eigenvalue weighted by Gasteiger charge is -2.27. The van der Waals surface area contributed by atoms with E-state index in [1.165, 1.54) is 11.3 Å². The lowest BCUT2D eigenvalue weighted by Crippen LogP contribution is -2.38. The van der Waals surface area contributed by atoms with E-state index in [0.29, 0.717) is 22.0 Å². The Morgan fingerprint density at radius 1 is 1.59 bits per heavy atom. The molecule has 0 saturated carbocycles. The second-order valence-corrected chi connectivity index (χ2v) is 5.95. The van der Waals surface area contributed by atoms with Crippen LogP contribution in [0.15, 0.2) is 0 Å². The van der Waals surface area contributed by atoms with Crippen LogP contribution in [-0.2, 0) is 0 Å². The van der Waals surface area contributed by atoms with Gasteiger partial charge in [0, 0.05) is 12.6 Å². The summed E-state index contributed by atoms with van der Waals surface area (Å²) < 4.78 is 0. The summed E-state index contributed by atoms with van der Waals surface area (Å²) in [6.07, 6.45) is 2.21. The highest BCUT2D eigenvalue weighted by molar-refractivity contribution is 7.17. The number of nitrogens with zero attached hydrogens (tertiary/aromatic N) is 2. The van der Waals surface area contributed by atoms with Gasteiger partial charge in [0.25, 0.3) is 5.91 Å². The lowest BCUT2D eigenvalue weighted by molar-refractivity contribution is 0.0705. The van der Waals surface area contributed by atoms with Crippen LogP contribution in [0.5, 0.6) is 0 Å². The number of nitrogens with two attached hydrogens (primary N) is 1. The summed E-state index contributed by atoms with van der Waals surface area (Å²) in [5, 5.41) is 0.478. The predicted molar refractivity (Wildman–Crippen MR) is 70.2 cm³/mol. The summed E-state index contributed by atoms with van der Waals surface area (Å²) in [7, 11) is 0. The molecule has 2 heterocycles. The number of carbonyl (C=O) groups is 1. The van der Waals surface area contributed by atoms with Gasteiger partial charge in [-0.3, -0.25) is 4.79 Å². The van der Waals surface area contributed by atoms with Crippen LogP contribution in [0.3, 0.4) is 0 Å². The van der Waals surface area contributed by atoms with Crippen LogP contribution in [0.2, 0.25) is 0 Å². The Kier molecular flexibility index (Phi) is 3.38. The van der Waals surface area contributed by atoms with E-state index in [1.807, 2.05) is 11.8 Å². The third-order valence-corrected chi connectivity index (χ3v) is 4.31. The zero-order valence-electron chi connectivity index (χ0n) is 10.6. The van der Waals surface area contributed by atoms with Crippen LogP contribution >= 0.6 is 11.3 Å². The maximum Gasteiger partial charge on any atom is 0.266 e. The molecule has 0 aromatic carbocycles. The molecule has 0 radical (unpaired) electrons. The largest absolute Gasteiger partial charge is 0.375 e. The van der Waals surface area contributed by atoms with Crippen LogP contribution in [0, 0.1) is 12.8 Å². The molecule has 1 atom stereocenters. The molecule has 0 aliphatic carbocycles. The third-order valence-electron chi connectivity index (χ3n) is 3.34. The zero-order valence-corrected chi connectivity index (χ0v) is 11.4. The number of likely N-dealkylation sites (tertiary alicyclic amines) is 1. The van der Waals surface area contributed by atoms with E-state index in [9.17, 15) is 4.79 Å². The van der Waals surface area contributed by atoms with Crippen molar-refractivity contribution in [3.05, 3.63) is 10.6 Å². The van der Waals surface area contributed by atoms with Crippen molar-refractivity contribution >= 4 is 22.4 Å². The second-order valence-electron chi connectivity index (χ2n) is 4.92. The van der Waals surface area contributed by atoms with Gasteiger partial charge in [0.15, 0.2) is 5.13 Å². The minimum atomic E-state index is 0.105. The minimum Gasteiger partial charge on any atom is -0.375 e. The highest BCUT2D eigenvalue weighted by Gasteiger charge is 2.32. The number of aromatic nitrogens is 1. The Balaban J connectivity index is 2.22. The van der Waals surface area contributed by atoms with Crippen molar-refractivity contribution < 1.29 is 4.79 Å². The van der Waals surface area contributed by atoms with Crippen molar-refractivity contribution in [3.63, 3.8) is 0 Å². The zero-order chi connectivity index (χ0) is 12.6. The third kappa shape index (κ3) is 2.29. The van der Waals surface area contributed by atoms with Crippen molar-refractivity contribution in [2.45, 2.75) is 39.7 Å². The standard InChI is InChI=1S/C12H19N3OS/c1-7(2)9-5-4-6-15(9)11(16)10-8(3)14-12(13)17-10/h7,9H,4-6H2,1-3H3,(H2,13,14). The van der Waals surface area contributed by atoms with Gasteiger partial charge in [-0.2, -0.15) is 0 Å². The molecule has 1 unspecified atom stereocenters. The number of carbonyl (C=O) groups excluding carboxylic acids is 1. The van der Waals surface area contributed by atoms with Gasteiger partial charge >= 0.3 is 0 Å². The first-order chi connectivity index (χ1) is 8.00. The van der Waals surface area contributed by atoms with E-state index in [-0.39, 0.29) is 5.91 Å². The molecule has 5 heteroatoms. The highest BCUT2D eigenvalue weighted by Crippen LogP contribution is 2.28. The van der Waals surface area contributed by atoms with Gasteiger partial charge < -0.3 is 10.6 Å². The molecule has 1 fully saturated rings. The molecule has 2 rings (SSSR count). The van der Waals surface area contributed by atoms with E-state index in [1.54, 1.807) is 0 Å². The summed E-state index contributed by atoms with van der Waals surface area (Å²) in [4.78, 5) is 19.3. The lowest BCUT2D eigenvalue weighted by atomic mass is 10.0. The van der Waals surface area contributed by atoms with Gasteiger partial charge in [0.05, 0.1) is 5.69 Å². The number of anilines is 1. The normalized spacial score (nSPS) is 20.2. The predicted octanol–water partition coefficient (Wildman–Crippen LogP) is 2.29. The molecule has 1 aromatic heterocycles. The topological polar surface area (TPSA) is 59.2 Å². The fourth-order valence-corrected chi connectivity index (χ4v) is 3.27. The number of rotatable bonds is 2. The maximum absolute atomic E-state index is 12.4. The highest BCUT2D eigenvalue weighted by atomic mass is 32.1. The molecule has 1 aromatic rings. The molecule has 0 bridgehead atoms. The average Bonchev–Trinajstić information content (AvgIpc) is 2.83. The Bertz CT molecular complexity index is 427. The molecule has 1 amide bonds. The molecular formula is C12H19N3OS. The quantitative estimate of drug-likeness (QED) is 0.879. The van der Waals surface area contributed by atoms with Gasteiger partial charge in [0.2, 0.25) is 0 Å². The van der Waals surface area contributed by atoms with Crippen LogP contribution in [0.25, 0.3) is 0 Å². The number of hydrogen-bond donors (Lipinski definition) is 1. The van der Waals surface area contributed by atoms with E-state index in [4.69, 9.17) is 5.73 Å². The van der Waals surface area contributed by atoms with Gasteiger partial charge in [-0.1, -0.05) is 25.2 Å². The monoisotopic (exact) mass is 253 g/mol. The first-order valence-electron chi connectivity index (χ1n) is 6.04. The number of nitrogen functional groups attached to an aromatic ring is 1. The smallest absolute Gasteiger partial charge is 0.266 e. The summed E-state index contributed by atoms with van der Waals surface area (Å²) in [6.45, 7) is 7.05. The van der Waals surface area contributed by atoms with Crippen molar-refractivity contribution in [1.29, 1.82) is 0 Å². The number of hydrogen-bond acceptors (Lipinski definition) is 4. The molecule has 94 valence electrons. The van der Waals surface area contributed by atoms with Crippen molar-refractivity contribution in [2.75, 3.05) is 12.3 Å². The molecule has 4 nitrogen and oxygen atoms in total. The molecule has 17 heavy (non-hydrogen) atoms. The maximum atomic E-state index is 12.4. The fraction of sp³-hybridized carbons (Fsp3) is 0.667. The Morgan fingerprint density at radius 3 is 2.82 bits per heavy atom. The Hall–Kier alpha value is -1.10. The van der Waals surface area contributed by atoms with E-state index >= 15 is 0 Å². The summed E-state index contributed by atoms with van der Waals surface area (Å²) >= 11 is 1.30. The molecular weight excluding hydrogens is 234 g/mol. The van der Waals surface area contributed by atoms with Crippen molar-refractivity contribution in [2.24, 2.45) is 5.92 Å². The molecule has 1 aliphatic rings. The number of thiazole rings is 1. The summed E-state index contributed by atoms with van der Waals surface area (Å²) in [5.41, 5.74) is 6.40. The van der Waals surface area contributed by atoms with E-state index in [0.717, 1.165) is 25.1 Å². The minimum absolute atomic E-state index is 0.105. The van der Waals surface area contributed by atoms with Crippen LogP contribution < -0.4 is 5.73 Å². The van der Waals surface area contributed by atoms with Crippen molar-refractivity contribution in [1.82, 2.24) is 9.88 Å². The van der Waals surface area contributed by atoms with Crippen molar-refractivity contribution in [3.8, 4) is 0 Å². The van der Waals surface area contributed by atoms with E-state index in [2.05, 4.69) is 18.8 Å². The van der Waals surface area contributed by atoms with E-state index < -0.39 is 0 Å². The molecule has 1 aliphatic heterocycles. The van der Waals surface area contributed by atoms with Gasteiger partial charge in [0.1, 0.15) is 4.88 Å². The van der Waals surface area contributed by atoms with Crippen LogP contribution in [0.1, 0.15) is 42.1 Å². The molecule has 0 spiro atoms. The van der Waals surface area contributed by atoms with Gasteiger partial charge in [-0.05, 0) is 25.7 Å². The number of amides is 1. The first kappa shape index (κ1) is 12.4. The first-order valence-corrected chi connectivity index (χ1v) is 6.86. The van der Waals surface area contributed by atoms with Crippen LogP contribution in [-0.4, -0.2) is 28.4 Å². The van der Waals surface area contributed by atoms with Gasteiger partial charge in [-0.25, -0.2) is 4.98 Å². The van der Waals surface area contributed by atoms with Gasteiger partial charge in [-0.15, -0.1) is 0 Å². The average molecular weight is 253 g/mol. The number of aryl methyl sites for hydroxylation is 1. The Labute approximate surface area is 106 Å². The second kappa shape index (κ2) is 4.64. The molecule has 1 saturated heterocycles. The molecule has 2 N–H and O–H groups in total. The fourth-order valence-electron chi connectivity index (χ4n) is 2.48. The SMILES string of the molecule is Cc1nc(N)sc1C(=O)N1CCCC1C(C)C. The summed E-state index contributed by atoms with van der Waals surface area (Å²) in [6, 6.07) is 0.366. The summed E-state index contributed by atoms with van der Waals surface area (Å²) in [5.74, 6) is 0.611.